The van der Waals surface area contributed by atoms with E-state index in [1.807, 2.05) is 55.4 Å². The largest absolute Gasteiger partial charge is 0.479 e. The highest BCUT2D eigenvalue weighted by molar-refractivity contribution is 7.21. The van der Waals surface area contributed by atoms with Crippen molar-refractivity contribution in [3.05, 3.63) is 47.3 Å². The van der Waals surface area contributed by atoms with Crippen molar-refractivity contribution < 1.29 is 24.5 Å². The molecular weight excluding hydrogens is 354 g/mol. The average molecular weight is 371 g/mol. The standard InChI is InChI=1S/C19H17NO5S/c1-20(2)13-6-3-11(4-7-13)12-5-8-14-15(9-12)26-18(19(23)24)17(14)25-10-16(21)22/h3-9H,10H2,1-2H3,(H,21,22)(H,23,24). The van der Waals surface area contributed by atoms with Gasteiger partial charge >= 0.3 is 11.9 Å². The zero-order valence-corrected chi connectivity index (χ0v) is 15.0. The van der Waals surface area contributed by atoms with E-state index in [0.717, 1.165) is 32.9 Å². The van der Waals surface area contributed by atoms with Crippen LogP contribution in [0.25, 0.3) is 21.2 Å². The number of ether oxygens (including phenoxy) is 1. The minimum absolute atomic E-state index is 0.00126. The zero-order valence-electron chi connectivity index (χ0n) is 14.2. The number of carboxylic acids is 2. The second-order valence-electron chi connectivity index (χ2n) is 5.90. The van der Waals surface area contributed by atoms with Crippen LogP contribution < -0.4 is 9.64 Å². The Morgan fingerprint density at radius 3 is 2.27 bits per heavy atom. The monoisotopic (exact) mass is 371 g/mol. The number of fused-ring (bicyclic) bond motifs is 1. The van der Waals surface area contributed by atoms with Gasteiger partial charge in [-0.3, -0.25) is 0 Å². The molecule has 0 bridgehead atoms. The number of hydrogen-bond donors (Lipinski definition) is 2. The third-order valence-electron chi connectivity index (χ3n) is 3.90. The van der Waals surface area contributed by atoms with Crippen LogP contribution in [-0.2, 0) is 4.79 Å². The Morgan fingerprint density at radius 1 is 1.04 bits per heavy atom. The Bertz CT molecular complexity index is 976. The highest BCUT2D eigenvalue weighted by Gasteiger charge is 2.20. The van der Waals surface area contributed by atoms with Gasteiger partial charge in [0.1, 0.15) is 0 Å². The van der Waals surface area contributed by atoms with Gasteiger partial charge in [-0.05, 0) is 35.4 Å². The van der Waals surface area contributed by atoms with Crippen LogP contribution in [0.1, 0.15) is 9.67 Å². The summed E-state index contributed by atoms with van der Waals surface area (Å²) in [6.45, 7) is -0.583. The number of aliphatic carboxylic acids is 1. The van der Waals surface area contributed by atoms with E-state index in [4.69, 9.17) is 9.84 Å². The van der Waals surface area contributed by atoms with Gasteiger partial charge in [-0.25, -0.2) is 9.59 Å². The van der Waals surface area contributed by atoms with Crippen molar-refractivity contribution in [2.45, 2.75) is 0 Å². The number of carboxylic acid groups (broad SMARTS) is 2. The molecule has 0 aliphatic rings. The van der Waals surface area contributed by atoms with Crippen molar-refractivity contribution >= 4 is 39.0 Å². The fourth-order valence-electron chi connectivity index (χ4n) is 2.62. The van der Waals surface area contributed by atoms with Gasteiger partial charge in [0.2, 0.25) is 0 Å². The molecule has 0 amide bonds. The van der Waals surface area contributed by atoms with E-state index < -0.39 is 18.5 Å². The molecule has 0 fully saturated rings. The SMILES string of the molecule is CN(C)c1ccc(-c2ccc3c(OCC(=O)O)c(C(=O)O)sc3c2)cc1. The Labute approximate surface area is 153 Å². The van der Waals surface area contributed by atoms with E-state index in [2.05, 4.69) is 0 Å². The number of carbonyl (C=O) groups is 2. The number of rotatable bonds is 6. The summed E-state index contributed by atoms with van der Waals surface area (Å²) < 4.78 is 5.96. The molecule has 3 rings (SSSR count). The molecule has 1 aromatic heterocycles. The summed E-state index contributed by atoms with van der Waals surface area (Å²) in [6.07, 6.45) is 0. The molecular formula is C19H17NO5S. The van der Waals surface area contributed by atoms with E-state index in [-0.39, 0.29) is 10.6 Å². The van der Waals surface area contributed by atoms with Gasteiger partial charge in [0.25, 0.3) is 0 Å². The van der Waals surface area contributed by atoms with Gasteiger partial charge in [0.05, 0.1) is 0 Å². The lowest BCUT2D eigenvalue weighted by molar-refractivity contribution is -0.139. The predicted octanol–water partition coefficient (Wildman–Crippen LogP) is 3.80. The smallest absolute Gasteiger partial charge is 0.349 e. The van der Waals surface area contributed by atoms with Crippen molar-refractivity contribution in [1.29, 1.82) is 0 Å². The van der Waals surface area contributed by atoms with Gasteiger partial charge in [-0.2, -0.15) is 0 Å². The van der Waals surface area contributed by atoms with Gasteiger partial charge in [-0.1, -0.05) is 18.2 Å². The lowest BCUT2D eigenvalue weighted by atomic mass is 10.0. The van der Waals surface area contributed by atoms with Crippen molar-refractivity contribution in [3.8, 4) is 16.9 Å². The molecule has 134 valence electrons. The number of thiophene rings is 1. The second-order valence-corrected chi connectivity index (χ2v) is 6.95. The van der Waals surface area contributed by atoms with E-state index in [1.54, 1.807) is 6.07 Å². The van der Waals surface area contributed by atoms with Crippen LogP contribution in [0.3, 0.4) is 0 Å². The van der Waals surface area contributed by atoms with E-state index >= 15 is 0 Å². The summed E-state index contributed by atoms with van der Waals surface area (Å²) >= 11 is 1.07. The van der Waals surface area contributed by atoms with Crippen LogP contribution in [-0.4, -0.2) is 42.9 Å². The minimum atomic E-state index is -1.15. The van der Waals surface area contributed by atoms with Gasteiger partial charge in [0.15, 0.2) is 17.2 Å². The summed E-state index contributed by atoms with van der Waals surface area (Å²) in [6, 6.07) is 13.6. The highest BCUT2D eigenvalue weighted by atomic mass is 32.1. The van der Waals surface area contributed by atoms with Crippen LogP contribution in [0.15, 0.2) is 42.5 Å². The summed E-state index contributed by atoms with van der Waals surface area (Å²) in [4.78, 5) is 24.2. The molecule has 2 aromatic carbocycles. The second kappa shape index (κ2) is 7.05. The summed E-state index contributed by atoms with van der Waals surface area (Å²) in [7, 11) is 3.94. The fourth-order valence-corrected chi connectivity index (χ4v) is 3.65. The van der Waals surface area contributed by atoms with Gasteiger partial charge in [0, 0.05) is 29.9 Å². The maximum absolute atomic E-state index is 11.5. The quantitative estimate of drug-likeness (QED) is 0.685. The molecule has 1 heterocycles. The highest BCUT2D eigenvalue weighted by Crippen LogP contribution is 2.40. The number of aromatic carboxylic acids is 1. The van der Waals surface area contributed by atoms with Crippen LogP contribution in [0, 0.1) is 0 Å². The Kier molecular flexibility index (Phi) is 4.81. The molecule has 0 atom stereocenters. The third-order valence-corrected chi connectivity index (χ3v) is 5.02. The number of nitrogens with zero attached hydrogens (tertiary/aromatic N) is 1. The third kappa shape index (κ3) is 3.48. The Balaban J connectivity index is 2.03. The number of hydrogen-bond acceptors (Lipinski definition) is 5. The summed E-state index contributed by atoms with van der Waals surface area (Å²) in [5.41, 5.74) is 3.05. The van der Waals surface area contributed by atoms with Crippen LogP contribution in [0.5, 0.6) is 5.75 Å². The molecule has 0 saturated heterocycles. The first-order valence-corrected chi connectivity index (χ1v) is 8.60. The topological polar surface area (TPSA) is 87.1 Å². The molecule has 7 heteroatoms. The van der Waals surface area contributed by atoms with Crippen LogP contribution in [0.2, 0.25) is 0 Å². The minimum Gasteiger partial charge on any atom is -0.479 e. The lowest BCUT2D eigenvalue weighted by Crippen LogP contribution is -2.10. The van der Waals surface area contributed by atoms with E-state index in [0.29, 0.717) is 5.39 Å². The van der Waals surface area contributed by atoms with Crippen molar-refractivity contribution in [3.63, 3.8) is 0 Å². The fraction of sp³-hybridized carbons (Fsp3) is 0.158. The van der Waals surface area contributed by atoms with E-state index in [9.17, 15) is 14.7 Å². The first-order chi connectivity index (χ1) is 12.4. The Hall–Kier alpha value is -3.06. The molecule has 26 heavy (non-hydrogen) atoms. The molecule has 6 nitrogen and oxygen atoms in total. The maximum atomic E-state index is 11.5. The predicted molar refractivity (Wildman–Crippen MR) is 102 cm³/mol. The summed E-state index contributed by atoms with van der Waals surface area (Å²) in [5, 5.41) is 18.8. The zero-order chi connectivity index (χ0) is 18.8. The van der Waals surface area contributed by atoms with Gasteiger partial charge < -0.3 is 19.8 Å². The first kappa shape index (κ1) is 17.8. The van der Waals surface area contributed by atoms with Crippen molar-refractivity contribution in [1.82, 2.24) is 0 Å². The molecule has 0 spiro atoms. The molecule has 3 aromatic rings. The van der Waals surface area contributed by atoms with Crippen molar-refractivity contribution in [2.75, 3.05) is 25.6 Å². The van der Waals surface area contributed by atoms with Crippen molar-refractivity contribution in [2.24, 2.45) is 0 Å². The molecule has 0 saturated carbocycles. The lowest BCUT2D eigenvalue weighted by Gasteiger charge is -2.12. The normalized spacial score (nSPS) is 10.7. The van der Waals surface area contributed by atoms with Crippen LogP contribution in [0.4, 0.5) is 5.69 Å². The Morgan fingerprint density at radius 2 is 1.69 bits per heavy atom. The molecule has 0 unspecified atom stereocenters. The molecule has 0 aliphatic heterocycles. The average Bonchev–Trinajstić information content (AvgIpc) is 2.98. The van der Waals surface area contributed by atoms with E-state index in [1.165, 1.54) is 0 Å². The van der Waals surface area contributed by atoms with Gasteiger partial charge in [-0.15, -0.1) is 11.3 Å². The number of anilines is 1. The first-order valence-electron chi connectivity index (χ1n) is 7.79. The molecule has 0 radical (unpaired) electrons. The van der Waals surface area contributed by atoms with Crippen LogP contribution >= 0.6 is 11.3 Å². The molecule has 2 N–H and O–H groups in total. The number of benzene rings is 2. The maximum Gasteiger partial charge on any atom is 0.349 e. The summed E-state index contributed by atoms with van der Waals surface area (Å²) in [5.74, 6) is -2.18. The molecule has 0 aliphatic carbocycles.